The van der Waals surface area contributed by atoms with Gasteiger partial charge in [-0.05, 0) is 49.4 Å². The molecule has 8 heteroatoms. The van der Waals surface area contributed by atoms with E-state index in [1.54, 1.807) is 22.5 Å². The van der Waals surface area contributed by atoms with Gasteiger partial charge in [0, 0.05) is 57.8 Å². The van der Waals surface area contributed by atoms with Gasteiger partial charge in [0.15, 0.2) is 0 Å². The second-order valence-electron chi connectivity index (χ2n) is 9.21. The summed E-state index contributed by atoms with van der Waals surface area (Å²) in [6.07, 6.45) is 4.75. The Labute approximate surface area is 202 Å². The molecule has 0 aliphatic carbocycles. The molecule has 6 nitrogen and oxygen atoms in total. The number of halogens is 1. The molecule has 2 heterocycles. The van der Waals surface area contributed by atoms with Gasteiger partial charge in [-0.15, -0.1) is 0 Å². The smallest absolute Gasteiger partial charge is 0.243 e. The summed E-state index contributed by atoms with van der Waals surface area (Å²) in [6.45, 7) is 4.65. The number of piperidine rings is 1. The maximum Gasteiger partial charge on any atom is 0.243 e. The van der Waals surface area contributed by atoms with Gasteiger partial charge in [-0.2, -0.15) is 4.31 Å². The minimum absolute atomic E-state index is 0.109. The molecule has 2 aromatic carbocycles. The van der Waals surface area contributed by atoms with Crippen LogP contribution in [0.15, 0.2) is 53.4 Å². The van der Waals surface area contributed by atoms with Gasteiger partial charge in [0.1, 0.15) is 5.82 Å². The van der Waals surface area contributed by atoms with Crippen LogP contribution in [0.1, 0.15) is 43.2 Å². The van der Waals surface area contributed by atoms with E-state index in [0.29, 0.717) is 56.0 Å². The van der Waals surface area contributed by atoms with Gasteiger partial charge >= 0.3 is 0 Å². The fourth-order valence-corrected chi connectivity index (χ4v) is 6.25. The average molecular weight is 488 g/mol. The number of rotatable bonds is 7. The highest BCUT2D eigenvalue weighted by atomic mass is 32.2. The zero-order valence-corrected chi connectivity index (χ0v) is 20.5. The lowest BCUT2D eigenvalue weighted by molar-refractivity contribution is -0.131. The highest BCUT2D eigenvalue weighted by Crippen LogP contribution is 2.21. The molecule has 184 valence electrons. The molecule has 2 aromatic rings. The third-order valence-electron chi connectivity index (χ3n) is 6.80. The number of carbonyl (C=O) groups is 1. The fourth-order valence-electron chi connectivity index (χ4n) is 4.74. The highest BCUT2D eigenvalue weighted by Gasteiger charge is 2.26. The van der Waals surface area contributed by atoms with Gasteiger partial charge in [-0.3, -0.25) is 9.69 Å². The molecule has 0 bridgehead atoms. The number of nitrogens with zero attached hydrogens (tertiary/aromatic N) is 3. The van der Waals surface area contributed by atoms with Crippen molar-refractivity contribution in [2.45, 2.75) is 50.0 Å². The third kappa shape index (κ3) is 6.23. The molecular formula is C26H34FN3O3S. The van der Waals surface area contributed by atoms with Crippen molar-refractivity contribution in [1.82, 2.24) is 14.1 Å². The Kier molecular flexibility index (Phi) is 8.34. The summed E-state index contributed by atoms with van der Waals surface area (Å²) in [5.74, 6) is -0.0767. The van der Waals surface area contributed by atoms with Gasteiger partial charge in [-0.25, -0.2) is 12.8 Å². The van der Waals surface area contributed by atoms with Gasteiger partial charge in [-0.1, -0.05) is 36.8 Å². The van der Waals surface area contributed by atoms with Crippen LogP contribution in [0.25, 0.3) is 0 Å². The molecular weight excluding hydrogens is 453 g/mol. The van der Waals surface area contributed by atoms with Crippen LogP contribution in [0.3, 0.4) is 0 Å². The molecule has 1 amide bonds. The Bertz CT molecular complexity index is 1070. The van der Waals surface area contributed by atoms with E-state index < -0.39 is 10.0 Å². The first kappa shape index (κ1) is 24.8. The molecule has 0 spiro atoms. The van der Waals surface area contributed by atoms with Crippen molar-refractivity contribution in [2.24, 2.45) is 0 Å². The maximum absolute atomic E-state index is 14.0. The summed E-state index contributed by atoms with van der Waals surface area (Å²) in [4.78, 5) is 17.2. The lowest BCUT2D eigenvalue weighted by atomic mass is 10.1. The largest absolute Gasteiger partial charge is 0.341 e. The van der Waals surface area contributed by atoms with Crippen LogP contribution in [0.2, 0.25) is 0 Å². The summed E-state index contributed by atoms with van der Waals surface area (Å²) in [7, 11) is -3.43. The van der Waals surface area contributed by atoms with Crippen LogP contribution in [-0.2, 0) is 27.8 Å². The van der Waals surface area contributed by atoms with E-state index in [2.05, 4.69) is 4.90 Å². The molecule has 0 N–H and O–H groups in total. The lowest BCUT2D eigenvalue weighted by Crippen LogP contribution is -2.35. The Balaban J connectivity index is 1.27. The van der Waals surface area contributed by atoms with E-state index in [1.807, 2.05) is 29.2 Å². The number of hydrogen-bond donors (Lipinski definition) is 0. The van der Waals surface area contributed by atoms with Crippen LogP contribution in [0.4, 0.5) is 4.39 Å². The Morgan fingerprint density at radius 1 is 0.824 bits per heavy atom. The van der Waals surface area contributed by atoms with E-state index in [1.165, 1.54) is 6.07 Å². The number of benzene rings is 2. The van der Waals surface area contributed by atoms with Crippen LogP contribution < -0.4 is 0 Å². The monoisotopic (exact) mass is 487 g/mol. The summed E-state index contributed by atoms with van der Waals surface area (Å²) in [6, 6.07) is 13.8. The molecule has 2 saturated heterocycles. The van der Waals surface area contributed by atoms with Crippen molar-refractivity contribution in [3.8, 4) is 0 Å². The van der Waals surface area contributed by atoms with E-state index in [-0.39, 0.29) is 11.7 Å². The zero-order valence-electron chi connectivity index (χ0n) is 19.7. The highest BCUT2D eigenvalue weighted by molar-refractivity contribution is 7.89. The average Bonchev–Trinajstić information content (AvgIpc) is 3.10. The van der Waals surface area contributed by atoms with Crippen LogP contribution >= 0.6 is 0 Å². The Morgan fingerprint density at radius 2 is 1.56 bits per heavy atom. The van der Waals surface area contributed by atoms with E-state index >= 15 is 0 Å². The molecule has 0 aromatic heterocycles. The van der Waals surface area contributed by atoms with E-state index in [0.717, 1.165) is 44.3 Å². The molecule has 0 unspecified atom stereocenters. The Morgan fingerprint density at radius 3 is 2.29 bits per heavy atom. The molecule has 2 aliphatic heterocycles. The number of carbonyl (C=O) groups excluding carboxylic acids is 1. The minimum atomic E-state index is -3.43. The van der Waals surface area contributed by atoms with Crippen molar-refractivity contribution >= 4 is 15.9 Å². The molecule has 0 atom stereocenters. The SMILES string of the molecule is O=C(CCc1ccc(S(=O)(=O)N2CCCCC2)cc1)N1CCCN(Cc2ccccc2F)CC1. The van der Waals surface area contributed by atoms with Crippen molar-refractivity contribution in [3.63, 3.8) is 0 Å². The molecule has 34 heavy (non-hydrogen) atoms. The van der Waals surface area contributed by atoms with Crippen LogP contribution in [0.5, 0.6) is 0 Å². The predicted octanol–water partition coefficient (Wildman–Crippen LogP) is 3.67. The normalized spacial score (nSPS) is 18.6. The van der Waals surface area contributed by atoms with Crippen LogP contribution in [-0.4, -0.2) is 67.7 Å². The van der Waals surface area contributed by atoms with Crippen molar-refractivity contribution < 1.29 is 17.6 Å². The number of sulfonamides is 1. The summed E-state index contributed by atoms with van der Waals surface area (Å²) in [5, 5.41) is 0. The topological polar surface area (TPSA) is 60.9 Å². The van der Waals surface area contributed by atoms with Crippen molar-refractivity contribution in [1.29, 1.82) is 0 Å². The molecule has 0 radical (unpaired) electrons. The standard InChI is InChI=1S/C26H34FN3O3S/c27-25-8-3-2-7-23(25)21-28-15-6-16-29(20-19-28)26(31)14-11-22-9-12-24(13-10-22)34(32,33)30-17-4-1-5-18-30/h2-3,7-10,12-13H,1,4-6,11,14-21H2. The molecule has 2 fully saturated rings. The molecule has 0 saturated carbocycles. The van der Waals surface area contributed by atoms with Gasteiger partial charge in [0.25, 0.3) is 0 Å². The molecule has 4 rings (SSSR count). The quantitative estimate of drug-likeness (QED) is 0.598. The third-order valence-corrected chi connectivity index (χ3v) is 8.71. The number of hydrogen-bond acceptors (Lipinski definition) is 4. The first-order valence-corrected chi connectivity index (χ1v) is 13.7. The minimum Gasteiger partial charge on any atom is -0.341 e. The lowest BCUT2D eigenvalue weighted by Gasteiger charge is -2.25. The number of aryl methyl sites for hydroxylation is 1. The predicted molar refractivity (Wildman–Crippen MR) is 130 cm³/mol. The van der Waals surface area contributed by atoms with E-state index in [4.69, 9.17) is 0 Å². The van der Waals surface area contributed by atoms with E-state index in [9.17, 15) is 17.6 Å². The van der Waals surface area contributed by atoms with Gasteiger partial charge < -0.3 is 4.90 Å². The summed E-state index contributed by atoms with van der Waals surface area (Å²) >= 11 is 0. The Hall–Kier alpha value is -2.29. The van der Waals surface area contributed by atoms with Crippen molar-refractivity contribution in [3.05, 3.63) is 65.5 Å². The first-order chi connectivity index (χ1) is 16.4. The second kappa shape index (κ2) is 11.4. The summed E-state index contributed by atoms with van der Waals surface area (Å²) < 4.78 is 41.2. The molecule has 2 aliphatic rings. The van der Waals surface area contributed by atoms with Gasteiger partial charge in [0.05, 0.1) is 4.90 Å². The van der Waals surface area contributed by atoms with Gasteiger partial charge in [0.2, 0.25) is 15.9 Å². The summed E-state index contributed by atoms with van der Waals surface area (Å²) in [5.41, 5.74) is 1.65. The van der Waals surface area contributed by atoms with Crippen molar-refractivity contribution in [2.75, 3.05) is 39.3 Å². The zero-order chi connectivity index (χ0) is 24.0. The fraction of sp³-hybridized carbons (Fsp3) is 0.500. The number of amides is 1. The second-order valence-corrected chi connectivity index (χ2v) is 11.1. The van der Waals surface area contributed by atoms with Crippen LogP contribution in [0, 0.1) is 5.82 Å². The maximum atomic E-state index is 14.0. The first-order valence-electron chi connectivity index (χ1n) is 12.3.